The first-order valence-electron chi connectivity index (χ1n) is 9.74. The van der Waals surface area contributed by atoms with Gasteiger partial charge in [-0.2, -0.15) is 4.31 Å². The average Bonchev–Trinajstić information content (AvgIpc) is 2.78. The molecular weight excluding hydrogens is 464 g/mol. The number of hydrogen-bond donors (Lipinski definition) is 1. The van der Waals surface area contributed by atoms with Gasteiger partial charge in [-0.15, -0.1) is 0 Å². The summed E-state index contributed by atoms with van der Waals surface area (Å²) in [6, 6.07) is 7.58. The largest absolute Gasteiger partial charge is 0.455 e. The summed E-state index contributed by atoms with van der Waals surface area (Å²) in [6.45, 7) is -0.810. The third kappa shape index (κ3) is 5.68. The SMILES string of the molecule is O=C(COC(=O)C1CCN(S(=O)(=O)c2ccccc2F)CC1)Nc1ccc(F)cc1[N+](=O)[O-]. The Labute approximate surface area is 187 Å². The molecule has 0 bridgehead atoms. The molecule has 0 atom stereocenters. The predicted molar refractivity (Wildman–Crippen MR) is 111 cm³/mol. The molecule has 3 rings (SSSR count). The molecule has 1 heterocycles. The van der Waals surface area contributed by atoms with E-state index in [0.29, 0.717) is 6.07 Å². The third-order valence-corrected chi connectivity index (χ3v) is 6.95. The lowest BCUT2D eigenvalue weighted by molar-refractivity contribution is -0.384. The highest BCUT2D eigenvalue weighted by Crippen LogP contribution is 2.27. The molecule has 1 saturated heterocycles. The summed E-state index contributed by atoms with van der Waals surface area (Å²) < 4.78 is 58.3. The second kappa shape index (κ2) is 10.0. The molecule has 1 amide bonds. The standard InChI is InChI=1S/C20H19F2N3O7S/c21-14-5-6-16(17(11-14)25(28)29)23-19(26)12-32-20(27)13-7-9-24(10-8-13)33(30,31)18-4-2-1-3-15(18)22/h1-6,11,13H,7-10,12H2,(H,23,26). The lowest BCUT2D eigenvalue weighted by Crippen LogP contribution is -2.41. The van der Waals surface area contributed by atoms with Crippen LogP contribution in [0.4, 0.5) is 20.2 Å². The van der Waals surface area contributed by atoms with E-state index in [-0.39, 0.29) is 31.6 Å². The maximum atomic E-state index is 13.9. The molecule has 1 aliphatic rings. The van der Waals surface area contributed by atoms with E-state index in [1.54, 1.807) is 0 Å². The van der Waals surface area contributed by atoms with Gasteiger partial charge >= 0.3 is 5.97 Å². The first-order chi connectivity index (χ1) is 15.6. The summed E-state index contributed by atoms with van der Waals surface area (Å²) in [4.78, 5) is 33.9. The molecule has 0 aliphatic carbocycles. The number of carbonyl (C=O) groups excluding carboxylic acids is 2. The van der Waals surface area contributed by atoms with Crippen molar-refractivity contribution >= 4 is 33.3 Å². The molecule has 2 aromatic carbocycles. The van der Waals surface area contributed by atoms with Crippen molar-refractivity contribution in [1.82, 2.24) is 4.31 Å². The highest BCUT2D eigenvalue weighted by molar-refractivity contribution is 7.89. The number of benzene rings is 2. The van der Waals surface area contributed by atoms with Crippen LogP contribution in [-0.4, -0.2) is 49.2 Å². The number of amides is 1. The topological polar surface area (TPSA) is 136 Å². The van der Waals surface area contributed by atoms with Gasteiger partial charge in [0.2, 0.25) is 10.0 Å². The van der Waals surface area contributed by atoms with E-state index in [9.17, 15) is 36.9 Å². The van der Waals surface area contributed by atoms with E-state index >= 15 is 0 Å². The van der Waals surface area contributed by atoms with Gasteiger partial charge in [-0.3, -0.25) is 19.7 Å². The van der Waals surface area contributed by atoms with Gasteiger partial charge in [0.25, 0.3) is 11.6 Å². The van der Waals surface area contributed by atoms with Crippen LogP contribution in [0.25, 0.3) is 0 Å². The number of ether oxygens (including phenoxy) is 1. The molecule has 13 heteroatoms. The van der Waals surface area contributed by atoms with Crippen molar-refractivity contribution in [2.24, 2.45) is 5.92 Å². The first-order valence-corrected chi connectivity index (χ1v) is 11.2. The quantitative estimate of drug-likeness (QED) is 0.363. The number of nitrogens with one attached hydrogen (secondary N) is 1. The Morgan fingerprint density at radius 2 is 1.82 bits per heavy atom. The fourth-order valence-electron chi connectivity index (χ4n) is 3.33. The molecular formula is C20H19F2N3O7S. The van der Waals surface area contributed by atoms with Crippen LogP contribution in [0.1, 0.15) is 12.8 Å². The molecule has 0 unspecified atom stereocenters. The lowest BCUT2D eigenvalue weighted by Gasteiger charge is -2.30. The average molecular weight is 483 g/mol. The van der Waals surface area contributed by atoms with Crippen LogP contribution in [0.5, 0.6) is 0 Å². The minimum absolute atomic E-state index is 0.0373. The normalized spacial score (nSPS) is 15.1. The number of halogens is 2. The zero-order valence-corrected chi connectivity index (χ0v) is 17.9. The maximum Gasteiger partial charge on any atom is 0.309 e. The fourth-order valence-corrected chi connectivity index (χ4v) is 4.86. The molecule has 0 aromatic heterocycles. The van der Waals surface area contributed by atoms with E-state index < -0.39 is 61.6 Å². The number of hydrogen-bond acceptors (Lipinski definition) is 7. The summed E-state index contributed by atoms with van der Waals surface area (Å²) in [5, 5.41) is 13.1. The van der Waals surface area contributed by atoms with Gasteiger partial charge in [-0.25, -0.2) is 17.2 Å². The molecule has 1 aliphatic heterocycles. The molecule has 176 valence electrons. The Hall–Kier alpha value is -3.45. The van der Waals surface area contributed by atoms with Crippen LogP contribution in [0.15, 0.2) is 47.4 Å². The smallest absolute Gasteiger partial charge is 0.309 e. The van der Waals surface area contributed by atoms with Crippen molar-refractivity contribution in [3.8, 4) is 0 Å². The number of nitro benzene ring substituents is 1. The molecule has 0 spiro atoms. The fraction of sp³-hybridized carbons (Fsp3) is 0.300. The number of carbonyl (C=O) groups is 2. The van der Waals surface area contributed by atoms with Gasteiger partial charge in [0.15, 0.2) is 6.61 Å². The van der Waals surface area contributed by atoms with Crippen molar-refractivity contribution in [2.45, 2.75) is 17.7 Å². The molecule has 1 fully saturated rings. The molecule has 10 nitrogen and oxygen atoms in total. The Morgan fingerprint density at radius 3 is 2.45 bits per heavy atom. The summed E-state index contributed by atoms with van der Waals surface area (Å²) in [7, 11) is -4.06. The van der Waals surface area contributed by atoms with Crippen LogP contribution in [0.3, 0.4) is 0 Å². The van der Waals surface area contributed by atoms with Gasteiger partial charge in [-0.1, -0.05) is 12.1 Å². The van der Waals surface area contributed by atoms with E-state index in [1.165, 1.54) is 12.1 Å². The van der Waals surface area contributed by atoms with Crippen LogP contribution in [0, 0.1) is 27.7 Å². The van der Waals surface area contributed by atoms with Gasteiger partial charge in [0.05, 0.1) is 16.9 Å². The second-order valence-electron chi connectivity index (χ2n) is 7.18. The molecule has 0 saturated carbocycles. The Bertz CT molecular complexity index is 1180. The Kier molecular flexibility index (Phi) is 7.33. The monoisotopic (exact) mass is 483 g/mol. The first kappa shape index (κ1) is 24.2. The van der Waals surface area contributed by atoms with E-state index in [2.05, 4.69) is 5.32 Å². The number of piperidine rings is 1. The van der Waals surface area contributed by atoms with Gasteiger partial charge in [0.1, 0.15) is 22.2 Å². The Balaban J connectivity index is 1.52. The maximum absolute atomic E-state index is 13.9. The van der Waals surface area contributed by atoms with Crippen LogP contribution < -0.4 is 5.32 Å². The van der Waals surface area contributed by atoms with Crippen molar-refractivity contribution in [1.29, 1.82) is 0 Å². The number of sulfonamides is 1. The molecule has 1 N–H and O–H groups in total. The van der Waals surface area contributed by atoms with E-state index in [0.717, 1.165) is 28.6 Å². The zero-order chi connectivity index (χ0) is 24.2. The minimum Gasteiger partial charge on any atom is -0.455 e. The lowest BCUT2D eigenvalue weighted by atomic mass is 9.98. The molecule has 2 aromatic rings. The number of rotatable bonds is 7. The summed E-state index contributed by atoms with van der Waals surface area (Å²) in [5.41, 5.74) is -0.910. The van der Waals surface area contributed by atoms with E-state index in [4.69, 9.17) is 4.74 Å². The van der Waals surface area contributed by atoms with Crippen LogP contribution >= 0.6 is 0 Å². The van der Waals surface area contributed by atoms with Crippen LogP contribution in [0.2, 0.25) is 0 Å². The highest BCUT2D eigenvalue weighted by atomic mass is 32.2. The van der Waals surface area contributed by atoms with Crippen molar-refractivity contribution in [3.05, 3.63) is 64.2 Å². The number of anilines is 1. The van der Waals surface area contributed by atoms with Gasteiger partial charge < -0.3 is 10.1 Å². The van der Waals surface area contributed by atoms with Crippen molar-refractivity contribution in [2.75, 3.05) is 25.0 Å². The van der Waals surface area contributed by atoms with Crippen LogP contribution in [-0.2, 0) is 24.3 Å². The molecule has 33 heavy (non-hydrogen) atoms. The number of nitrogens with zero attached hydrogens (tertiary/aromatic N) is 2. The second-order valence-corrected chi connectivity index (χ2v) is 9.09. The third-order valence-electron chi connectivity index (χ3n) is 5.02. The van der Waals surface area contributed by atoms with Crippen molar-refractivity contribution in [3.63, 3.8) is 0 Å². The summed E-state index contributed by atoms with van der Waals surface area (Å²) in [5.74, 6) is -4.00. The summed E-state index contributed by atoms with van der Waals surface area (Å²) in [6.07, 6.45) is 0.217. The predicted octanol–water partition coefficient (Wildman–Crippen LogP) is 2.46. The van der Waals surface area contributed by atoms with E-state index in [1.807, 2.05) is 0 Å². The molecule has 0 radical (unpaired) electrons. The van der Waals surface area contributed by atoms with Gasteiger partial charge in [-0.05, 0) is 37.1 Å². The zero-order valence-electron chi connectivity index (χ0n) is 17.1. The van der Waals surface area contributed by atoms with Crippen molar-refractivity contribution < 1.29 is 36.4 Å². The Morgan fingerprint density at radius 1 is 1.15 bits per heavy atom. The summed E-state index contributed by atoms with van der Waals surface area (Å²) >= 11 is 0. The number of nitro groups is 1. The van der Waals surface area contributed by atoms with Gasteiger partial charge in [0, 0.05) is 13.1 Å². The number of esters is 1. The highest BCUT2D eigenvalue weighted by Gasteiger charge is 2.34. The minimum atomic E-state index is -4.06.